The number of benzene rings is 2. The highest BCUT2D eigenvalue weighted by Gasteiger charge is 2.20. The average Bonchev–Trinajstić information content (AvgIpc) is 2.48. The van der Waals surface area contributed by atoms with Gasteiger partial charge in [-0.2, -0.15) is 0 Å². The van der Waals surface area contributed by atoms with E-state index in [1.54, 1.807) is 30.3 Å². The Kier molecular flexibility index (Phi) is 3.72. The summed E-state index contributed by atoms with van der Waals surface area (Å²) in [5.41, 5.74) is 3.00. The van der Waals surface area contributed by atoms with E-state index in [2.05, 4.69) is 20.3 Å². The number of amides is 2. The van der Waals surface area contributed by atoms with E-state index in [0.717, 1.165) is 5.55 Å². The molecule has 2 aromatic carbocycles. The largest absolute Gasteiger partial charge is 0.323 e. The molecule has 0 unspecified atom stereocenters. The summed E-state index contributed by atoms with van der Waals surface area (Å²) in [6.45, 7) is 0. The van der Waals surface area contributed by atoms with Crippen molar-refractivity contribution in [3.05, 3.63) is 48.5 Å². The minimum absolute atomic E-state index is 0.369. The molecule has 2 aromatic rings. The van der Waals surface area contributed by atoms with Crippen LogP contribution in [0.4, 0.5) is 27.5 Å². The number of nitrogens with zero attached hydrogens (tertiary/aromatic N) is 1. The number of carbonyl (C=O) groups is 1. The average molecular weight is 318 g/mol. The van der Waals surface area contributed by atoms with E-state index in [9.17, 15) is 13.9 Å². The fraction of sp³-hybridized carbons (Fsp3) is 0. The van der Waals surface area contributed by atoms with Crippen LogP contribution in [0, 0.1) is 0 Å². The summed E-state index contributed by atoms with van der Waals surface area (Å²) in [7, 11) is -3.13. The fourth-order valence-corrected chi connectivity index (χ4v) is 2.80. The van der Waals surface area contributed by atoms with Gasteiger partial charge in [0.1, 0.15) is 11.2 Å². The van der Waals surface area contributed by atoms with Crippen LogP contribution in [0.2, 0.25) is 0 Å². The Hall–Kier alpha value is -2.55. The van der Waals surface area contributed by atoms with Gasteiger partial charge in [0, 0.05) is 5.69 Å². The zero-order chi connectivity index (χ0) is 15.6. The van der Waals surface area contributed by atoms with Crippen LogP contribution < -0.4 is 15.4 Å². The molecule has 0 aromatic heterocycles. The first-order valence-electron chi connectivity index (χ1n) is 6.40. The molecule has 0 saturated heterocycles. The van der Waals surface area contributed by atoms with Gasteiger partial charge in [0.15, 0.2) is 0 Å². The second-order valence-corrected chi connectivity index (χ2v) is 6.18. The van der Waals surface area contributed by atoms with Gasteiger partial charge in [-0.25, -0.2) is 9.79 Å². The van der Waals surface area contributed by atoms with Crippen LogP contribution in [0.5, 0.6) is 0 Å². The van der Waals surface area contributed by atoms with Crippen LogP contribution in [-0.4, -0.2) is 20.7 Å². The molecule has 7 nitrogen and oxygen atoms in total. The third-order valence-corrected chi connectivity index (χ3v) is 3.82. The van der Waals surface area contributed by atoms with E-state index >= 15 is 0 Å². The number of carbonyl (C=O) groups excluding carboxylic acids is 1. The molecular weight excluding hydrogens is 304 g/mol. The summed E-state index contributed by atoms with van der Waals surface area (Å²) in [5, 5.41) is 5.34. The van der Waals surface area contributed by atoms with Gasteiger partial charge in [-0.15, -0.1) is 0 Å². The minimum Gasteiger partial charge on any atom is -0.308 e. The Morgan fingerprint density at radius 3 is 2.59 bits per heavy atom. The van der Waals surface area contributed by atoms with Crippen molar-refractivity contribution in [1.82, 2.24) is 0 Å². The van der Waals surface area contributed by atoms with E-state index in [0.29, 0.717) is 22.7 Å². The maximum atomic E-state index is 12.0. The summed E-state index contributed by atoms with van der Waals surface area (Å²) < 4.78 is 21.9. The molecule has 2 amide bonds. The van der Waals surface area contributed by atoms with Crippen molar-refractivity contribution in [1.29, 1.82) is 0 Å². The number of para-hydroxylation sites is 2. The molecule has 0 aliphatic carbocycles. The van der Waals surface area contributed by atoms with E-state index < -0.39 is 16.8 Å². The first-order valence-corrected chi connectivity index (χ1v) is 8.01. The summed E-state index contributed by atoms with van der Waals surface area (Å²) >= 11 is 0. The highest BCUT2D eigenvalue weighted by atomic mass is 32.3. The topological polar surface area (TPSA) is 106 Å². The van der Waals surface area contributed by atoms with Gasteiger partial charge in [-0.05, 0) is 24.3 Å². The lowest BCUT2D eigenvalue weighted by Gasteiger charge is -2.33. The zero-order valence-corrected chi connectivity index (χ0v) is 12.2. The summed E-state index contributed by atoms with van der Waals surface area (Å²) in [6.07, 6.45) is 0. The number of anilines is 3. The Labute approximate surface area is 128 Å². The molecule has 1 heterocycles. The Morgan fingerprint density at radius 1 is 1.05 bits per heavy atom. The molecule has 0 fully saturated rings. The second kappa shape index (κ2) is 5.68. The van der Waals surface area contributed by atoms with Crippen LogP contribution in [0.3, 0.4) is 0 Å². The van der Waals surface area contributed by atoms with Crippen LogP contribution in [0.25, 0.3) is 0 Å². The van der Waals surface area contributed by atoms with E-state index in [4.69, 9.17) is 0 Å². The van der Waals surface area contributed by atoms with Gasteiger partial charge >= 0.3 is 6.03 Å². The van der Waals surface area contributed by atoms with E-state index in [1.807, 2.05) is 18.2 Å². The highest BCUT2D eigenvalue weighted by molar-refractivity contribution is 8.36. The molecule has 0 spiro atoms. The Balaban J connectivity index is 1.79. The number of nitrogens with one attached hydrogen (secondary N) is 3. The normalized spacial score (nSPS) is 16.1. The molecule has 8 heteroatoms. The predicted octanol–water partition coefficient (Wildman–Crippen LogP) is 4.08. The predicted molar refractivity (Wildman–Crippen MR) is 90.1 cm³/mol. The standard InChI is InChI=1S/C14H14N4O3S/c19-14(16-10-5-2-1-3-6-10)17-12-8-4-7-11-13(12)18-22(20,21)9-15-11/h1-9,18,20-21H,(H2,16,17,19). The Morgan fingerprint density at radius 2 is 1.82 bits per heavy atom. The first-order chi connectivity index (χ1) is 10.5. The third-order valence-electron chi connectivity index (χ3n) is 2.91. The van der Waals surface area contributed by atoms with Crippen molar-refractivity contribution < 1.29 is 13.9 Å². The lowest BCUT2D eigenvalue weighted by molar-refractivity contribution is 0.262. The van der Waals surface area contributed by atoms with Crippen molar-refractivity contribution in [2.24, 2.45) is 4.99 Å². The van der Waals surface area contributed by atoms with Crippen LogP contribution in [0.15, 0.2) is 53.5 Å². The molecule has 22 heavy (non-hydrogen) atoms. The quantitative estimate of drug-likeness (QED) is 0.575. The van der Waals surface area contributed by atoms with Crippen molar-refractivity contribution in [2.75, 3.05) is 15.4 Å². The molecule has 0 radical (unpaired) electrons. The van der Waals surface area contributed by atoms with E-state index in [1.165, 1.54) is 0 Å². The third kappa shape index (κ3) is 3.19. The maximum absolute atomic E-state index is 12.0. The van der Waals surface area contributed by atoms with Crippen LogP contribution >= 0.6 is 10.8 Å². The van der Waals surface area contributed by atoms with Crippen LogP contribution in [0.1, 0.15) is 0 Å². The van der Waals surface area contributed by atoms with Crippen molar-refractivity contribution >= 4 is 45.1 Å². The summed E-state index contributed by atoms with van der Waals surface area (Å²) in [4.78, 5) is 16.0. The second-order valence-electron chi connectivity index (χ2n) is 4.57. The number of rotatable bonds is 2. The zero-order valence-electron chi connectivity index (χ0n) is 11.4. The molecule has 0 atom stereocenters. The fourth-order valence-electron chi connectivity index (χ4n) is 1.97. The van der Waals surface area contributed by atoms with Gasteiger partial charge in [0.2, 0.25) is 0 Å². The molecular formula is C14H14N4O3S. The molecule has 114 valence electrons. The van der Waals surface area contributed by atoms with Gasteiger partial charge < -0.3 is 10.6 Å². The number of fused-ring (bicyclic) bond motifs is 1. The number of hydrogen-bond donors (Lipinski definition) is 5. The smallest absolute Gasteiger partial charge is 0.308 e. The number of aliphatic imine (C=N–C) groups is 1. The van der Waals surface area contributed by atoms with Gasteiger partial charge in [0.25, 0.3) is 0 Å². The molecule has 1 aliphatic rings. The SMILES string of the molecule is O=C(Nc1ccccc1)Nc1cccc2c1NS(O)(O)C=N2. The number of urea groups is 1. The van der Waals surface area contributed by atoms with Gasteiger partial charge in [-0.1, -0.05) is 35.0 Å². The Bertz CT molecular complexity index is 734. The molecule has 3 rings (SSSR count). The van der Waals surface area contributed by atoms with E-state index in [-0.39, 0.29) is 0 Å². The first kappa shape index (κ1) is 14.4. The number of hydrogen-bond acceptors (Lipinski definition) is 5. The molecule has 5 N–H and O–H groups in total. The lowest BCUT2D eigenvalue weighted by atomic mass is 10.2. The van der Waals surface area contributed by atoms with Crippen LogP contribution in [-0.2, 0) is 0 Å². The molecule has 0 saturated carbocycles. The summed E-state index contributed by atoms with van der Waals surface area (Å²) in [6, 6.07) is 13.6. The monoisotopic (exact) mass is 318 g/mol. The van der Waals surface area contributed by atoms with Gasteiger partial charge in [-0.3, -0.25) is 13.8 Å². The molecule has 1 aliphatic heterocycles. The highest BCUT2D eigenvalue weighted by Crippen LogP contribution is 2.47. The minimum atomic E-state index is -3.13. The molecule has 0 bridgehead atoms. The van der Waals surface area contributed by atoms with Crippen molar-refractivity contribution in [2.45, 2.75) is 0 Å². The lowest BCUT2D eigenvalue weighted by Crippen LogP contribution is -2.21. The van der Waals surface area contributed by atoms with Gasteiger partial charge in [0.05, 0.1) is 11.4 Å². The van der Waals surface area contributed by atoms with Crippen molar-refractivity contribution in [3.63, 3.8) is 0 Å². The van der Waals surface area contributed by atoms with Crippen molar-refractivity contribution in [3.8, 4) is 0 Å². The summed E-state index contributed by atoms with van der Waals surface area (Å²) in [5.74, 6) is 0. The maximum Gasteiger partial charge on any atom is 0.323 e.